The van der Waals surface area contributed by atoms with Crippen molar-refractivity contribution in [1.82, 2.24) is 5.01 Å². The van der Waals surface area contributed by atoms with E-state index in [1.165, 1.54) is 105 Å². The number of benzene rings is 2. The second kappa shape index (κ2) is 20.6. The molecular weight excluding hydrogens is 548 g/mol. The van der Waals surface area contributed by atoms with Gasteiger partial charge in [-0.2, -0.15) is 0 Å². The molecule has 2 atom stereocenters. The van der Waals surface area contributed by atoms with Gasteiger partial charge < -0.3 is 9.29 Å². The molecule has 0 aromatic heterocycles. The number of ether oxygens (including phenoxy) is 1. The first-order valence-corrected chi connectivity index (χ1v) is 17.2. The Morgan fingerprint density at radius 2 is 1.19 bits per heavy atom. The standard InChI is InChI=1S/C33H50N2O.CH4O4S/c1-4-5-6-7-8-9-10-11-12-13-14-15-16-23-28-36-33-31(29-24-19-17-20-25-29)34(2)35(3)32(33)30-26-21-18-22-27-30;1-5-6(2,3)4/h17-22,24-27,31H,4-16,23,28H2,1-3H3;1H3,(H,2,3,4). The summed E-state index contributed by atoms with van der Waals surface area (Å²) in [5.74, 6) is 1.11. The summed E-state index contributed by atoms with van der Waals surface area (Å²) in [6.07, 6.45) is 19.3. The van der Waals surface area contributed by atoms with Gasteiger partial charge in [-0.3, -0.25) is 4.18 Å². The molecule has 0 saturated carbocycles. The predicted octanol–water partition coefficient (Wildman–Crippen LogP) is 7.06. The van der Waals surface area contributed by atoms with Gasteiger partial charge in [0.05, 0.1) is 20.8 Å². The van der Waals surface area contributed by atoms with Gasteiger partial charge in [-0.05, 0) is 24.1 Å². The normalized spacial score (nSPS) is 17.3. The highest BCUT2D eigenvalue weighted by atomic mass is 32.3. The van der Waals surface area contributed by atoms with E-state index in [4.69, 9.17) is 4.74 Å². The Hall–Kier alpha value is -2.23. The third-order valence-electron chi connectivity index (χ3n) is 7.91. The fourth-order valence-corrected chi connectivity index (χ4v) is 5.46. The number of unbranched alkanes of at least 4 members (excludes halogenated alkanes) is 13. The fourth-order valence-electron chi connectivity index (χ4n) is 5.46. The van der Waals surface area contributed by atoms with Crippen LogP contribution in [0.15, 0.2) is 66.4 Å². The molecule has 236 valence electrons. The Balaban J connectivity index is 0.000000928. The minimum absolute atomic E-state index is 0.146. The summed E-state index contributed by atoms with van der Waals surface area (Å²) in [5.41, 5.74) is 3.80. The summed E-state index contributed by atoms with van der Waals surface area (Å²) in [6, 6.07) is 21.7. The molecule has 1 heterocycles. The Labute approximate surface area is 255 Å². The molecule has 3 rings (SSSR count). The number of nitrogens with zero attached hydrogens (tertiary/aromatic N) is 1. The highest BCUT2D eigenvalue weighted by Gasteiger charge is 2.42. The number of hydrogen-bond donors (Lipinski definition) is 1. The van der Waals surface area contributed by atoms with E-state index >= 15 is 0 Å². The lowest BCUT2D eigenvalue weighted by Gasteiger charge is -2.23. The maximum Gasteiger partial charge on any atom is 0.217 e. The quantitative estimate of drug-likeness (QED) is 0.105. The number of rotatable bonds is 19. The number of hydrogen-bond acceptors (Lipinski definition) is 6. The second-order valence-corrected chi connectivity index (χ2v) is 12.3. The van der Waals surface area contributed by atoms with E-state index in [9.17, 15) is 13.0 Å². The zero-order valence-corrected chi connectivity index (χ0v) is 27.2. The second-order valence-electron chi connectivity index (χ2n) is 11.1. The molecule has 0 radical (unpaired) electrons. The largest absolute Gasteiger partial charge is 0.726 e. The number of quaternary nitrogens is 1. The molecule has 2 aromatic rings. The van der Waals surface area contributed by atoms with Gasteiger partial charge in [0.1, 0.15) is 6.04 Å². The average Bonchev–Trinajstić information content (AvgIpc) is 3.24. The summed E-state index contributed by atoms with van der Waals surface area (Å²) >= 11 is 0. The van der Waals surface area contributed by atoms with Crippen molar-refractivity contribution in [2.75, 3.05) is 27.8 Å². The first kappa shape index (κ1) is 36.0. The highest BCUT2D eigenvalue weighted by molar-refractivity contribution is 7.80. The van der Waals surface area contributed by atoms with Gasteiger partial charge >= 0.3 is 0 Å². The van der Waals surface area contributed by atoms with Crippen LogP contribution in [-0.4, -0.2) is 45.8 Å². The van der Waals surface area contributed by atoms with Crippen molar-refractivity contribution in [3.05, 3.63) is 77.5 Å². The average molecular weight is 603 g/mol. The molecule has 7 nitrogen and oxygen atoms in total. The van der Waals surface area contributed by atoms with E-state index in [2.05, 4.69) is 90.9 Å². The van der Waals surface area contributed by atoms with E-state index < -0.39 is 10.4 Å². The molecule has 0 aliphatic carbocycles. The van der Waals surface area contributed by atoms with Crippen molar-refractivity contribution < 1.29 is 26.9 Å². The maximum absolute atomic E-state index is 9.22. The Morgan fingerprint density at radius 1 is 0.762 bits per heavy atom. The van der Waals surface area contributed by atoms with Crippen LogP contribution < -0.4 is 5.01 Å². The molecule has 1 aliphatic heterocycles. The third-order valence-corrected chi connectivity index (χ3v) is 8.32. The third kappa shape index (κ3) is 13.4. The molecule has 0 bridgehead atoms. The van der Waals surface area contributed by atoms with Crippen LogP contribution in [0.3, 0.4) is 0 Å². The summed E-state index contributed by atoms with van der Waals surface area (Å²) in [5, 5.41) is 3.66. The molecule has 0 saturated heterocycles. The first-order valence-electron chi connectivity index (χ1n) is 15.9. The van der Waals surface area contributed by atoms with Crippen LogP contribution >= 0.6 is 0 Å². The fraction of sp³-hybridized carbons (Fsp3) is 0.588. The monoisotopic (exact) mass is 602 g/mol. The lowest BCUT2D eigenvalue weighted by molar-refractivity contribution is -0.928. The molecule has 0 spiro atoms. The minimum Gasteiger partial charge on any atom is -0.726 e. The van der Waals surface area contributed by atoms with Gasteiger partial charge in [0.2, 0.25) is 10.4 Å². The van der Waals surface area contributed by atoms with Gasteiger partial charge in [-0.15, -0.1) is 5.01 Å². The molecule has 2 unspecified atom stereocenters. The maximum atomic E-state index is 9.22. The zero-order valence-electron chi connectivity index (χ0n) is 26.4. The van der Waals surface area contributed by atoms with Gasteiger partial charge in [-0.1, -0.05) is 139 Å². The topological polar surface area (TPSA) is 83.3 Å². The molecule has 1 aliphatic rings. The van der Waals surface area contributed by atoms with Crippen LogP contribution in [-0.2, 0) is 19.3 Å². The summed E-state index contributed by atoms with van der Waals surface area (Å²) in [7, 11) is 0.812. The van der Waals surface area contributed by atoms with Crippen LogP contribution in [0.4, 0.5) is 0 Å². The Bertz CT molecular complexity index is 1110. The summed E-state index contributed by atoms with van der Waals surface area (Å²) in [4.78, 5) is 0. The van der Waals surface area contributed by atoms with Gasteiger partial charge in [-0.25, -0.2) is 13.4 Å². The van der Waals surface area contributed by atoms with Gasteiger partial charge in [0, 0.05) is 12.6 Å². The Morgan fingerprint density at radius 3 is 1.64 bits per heavy atom. The molecular formula is C34H54N2O5S. The van der Waals surface area contributed by atoms with Crippen LogP contribution in [0, 0.1) is 0 Å². The smallest absolute Gasteiger partial charge is 0.217 e. The van der Waals surface area contributed by atoms with Crippen LogP contribution in [0.5, 0.6) is 0 Å². The highest BCUT2D eigenvalue weighted by Crippen LogP contribution is 2.34. The molecule has 0 fully saturated rings. The zero-order chi connectivity index (χ0) is 30.6. The minimum atomic E-state index is -4.41. The number of nitrogens with one attached hydrogen (secondary N) is 1. The first-order chi connectivity index (χ1) is 20.3. The van der Waals surface area contributed by atoms with Crippen molar-refractivity contribution in [3.8, 4) is 0 Å². The van der Waals surface area contributed by atoms with E-state index in [-0.39, 0.29) is 6.04 Å². The summed E-state index contributed by atoms with van der Waals surface area (Å²) < 4.78 is 37.6. The Kier molecular flexibility index (Phi) is 17.7. The van der Waals surface area contributed by atoms with Crippen LogP contribution in [0.25, 0.3) is 5.70 Å². The van der Waals surface area contributed by atoms with E-state index in [1.54, 1.807) is 0 Å². The van der Waals surface area contributed by atoms with Gasteiger partial charge in [0.25, 0.3) is 0 Å². The predicted molar refractivity (Wildman–Crippen MR) is 170 cm³/mol. The van der Waals surface area contributed by atoms with E-state index in [0.29, 0.717) is 0 Å². The van der Waals surface area contributed by atoms with Crippen LogP contribution in [0.2, 0.25) is 0 Å². The van der Waals surface area contributed by atoms with E-state index in [1.807, 2.05) is 0 Å². The van der Waals surface area contributed by atoms with Crippen molar-refractivity contribution >= 4 is 16.1 Å². The SMILES string of the molecule is CCCCCCCCCCCCCCCCOC1=C(c2ccccc2)[NH+](C)N(C)C1c1ccccc1.COS(=O)(=O)[O-]. The summed E-state index contributed by atoms with van der Waals surface area (Å²) in [6.45, 7) is 3.09. The van der Waals surface area contributed by atoms with Crippen molar-refractivity contribution in [1.29, 1.82) is 0 Å². The van der Waals surface area contributed by atoms with Crippen molar-refractivity contribution in [2.45, 2.75) is 103 Å². The molecule has 8 heteroatoms. The lowest BCUT2D eigenvalue weighted by atomic mass is 10.0. The molecule has 42 heavy (non-hydrogen) atoms. The molecule has 2 aromatic carbocycles. The van der Waals surface area contributed by atoms with E-state index in [0.717, 1.165) is 25.9 Å². The van der Waals surface area contributed by atoms with Crippen molar-refractivity contribution in [2.24, 2.45) is 0 Å². The molecule has 1 N–H and O–H groups in total. The molecule has 0 amide bonds. The lowest BCUT2D eigenvalue weighted by Crippen LogP contribution is -3.11. The van der Waals surface area contributed by atoms with Crippen molar-refractivity contribution in [3.63, 3.8) is 0 Å². The van der Waals surface area contributed by atoms with Gasteiger partial charge in [0.15, 0.2) is 11.5 Å². The van der Waals surface area contributed by atoms with Crippen LogP contribution in [0.1, 0.15) is 114 Å². The number of likely N-dealkylation sites (N-methyl/N-ethyl adjacent to an activating group) is 1.